The molecule has 0 aromatic heterocycles. The molecule has 2 aromatic rings. The van der Waals surface area contributed by atoms with Crippen LogP contribution in [0.25, 0.3) is 0 Å². The van der Waals surface area contributed by atoms with Crippen LogP contribution in [0.15, 0.2) is 42.5 Å². The average molecular weight is 468 g/mol. The molecular formula is C27H37N3O4. The molecule has 1 unspecified atom stereocenters. The van der Waals surface area contributed by atoms with Gasteiger partial charge in [0.25, 0.3) is 5.91 Å². The van der Waals surface area contributed by atoms with Crippen LogP contribution >= 0.6 is 0 Å². The maximum absolute atomic E-state index is 12.8. The van der Waals surface area contributed by atoms with Crippen molar-refractivity contribution >= 4 is 23.2 Å². The van der Waals surface area contributed by atoms with Crippen LogP contribution in [0.4, 0.5) is 11.4 Å². The van der Waals surface area contributed by atoms with E-state index in [9.17, 15) is 9.59 Å². The first kappa shape index (κ1) is 25.4. The van der Waals surface area contributed by atoms with E-state index < -0.39 is 0 Å². The van der Waals surface area contributed by atoms with Gasteiger partial charge in [-0.3, -0.25) is 9.59 Å². The molecule has 1 atom stereocenters. The van der Waals surface area contributed by atoms with Gasteiger partial charge < -0.3 is 25.0 Å². The largest absolute Gasteiger partial charge is 0.490 e. The first-order chi connectivity index (χ1) is 16.5. The molecular weight excluding hydrogens is 430 g/mol. The van der Waals surface area contributed by atoms with E-state index in [1.54, 1.807) is 18.2 Å². The van der Waals surface area contributed by atoms with Gasteiger partial charge in [0, 0.05) is 42.5 Å². The fraction of sp³-hybridized carbons (Fsp3) is 0.481. The summed E-state index contributed by atoms with van der Waals surface area (Å²) >= 11 is 0. The molecule has 34 heavy (non-hydrogen) atoms. The van der Waals surface area contributed by atoms with Crippen molar-refractivity contribution in [3.63, 3.8) is 0 Å². The van der Waals surface area contributed by atoms with Crippen LogP contribution in [0.3, 0.4) is 0 Å². The fourth-order valence-corrected chi connectivity index (χ4v) is 3.91. The molecule has 0 bridgehead atoms. The summed E-state index contributed by atoms with van der Waals surface area (Å²) in [6.07, 6.45) is 4.33. The molecule has 0 spiro atoms. The van der Waals surface area contributed by atoms with Crippen LogP contribution in [0.5, 0.6) is 11.5 Å². The van der Waals surface area contributed by atoms with E-state index in [2.05, 4.69) is 21.6 Å². The average Bonchev–Trinajstić information content (AvgIpc) is 3.36. The summed E-state index contributed by atoms with van der Waals surface area (Å²) in [6, 6.07) is 12.8. The van der Waals surface area contributed by atoms with Crippen LogP contribution in [0.1, 0.15) is 63.2 Å². The van der Waals surface area contributed by atoms with Gasteiger partial charge in [-0.25, -0.2) is 0 Å². The van der Waals surface area contributed by atoms with Crippen molar-refractivity contribution in [1.82, 2.24) is 5.32 Å². The number of anilines is 2. The van der Waals surface area contributed by atoms with Crippen molar-refractivity contribution in [2.45, 2.75) is 58.9 Å². The van der Waals surface area contributed by atoms with E-state index in [-0.39, 0.29) is 24.3 Å². The molecule has 2 amide bonds. The molecule has 1 saturated heterocycles. The third kappa shape index (κ3) is 7.40. The van der Waals surface area contributed by atoms with E-state index in [4.69, 9.17) is 9.47 Å². The van der Waals surface area contributed by atoms with Gasteiger partial charge in [-0.2, -0.15) is 0 Å². The smallest absolute Gasteiger partial charge is 0.251 e. The summed E-state index contributed by atoms with van der Waals surface area (Å²) in [5, 5.41) is 5.87. The lowest BCUT2D eigenvalue weighted by Crippen LogP contribution is -2.35. The highest BCUT2D eigenvalue weighted by Gasteiger charge is 2.17. The van der Waals surface area contributed by atoms with E-state index in [0.29, 0.717) is 30.3 Å². The molecule has 1 aliphatic heterocycles. The van der Waals surface area contributed by atoms with Crippen molar-refractivity contribution in [1.29, 1.82) is 0 Å². The summed E-state index contributed by atoms with van der Waals surface area (Å²) in [7, 11) is 0. The van der Waals surface area contributed by atoms with Gasteiger partial charge in [0.05, 0.1) is 13.2 Å². The Hall–Kier alpha value is -3.22. The topological polar surface area (TPSA) is 79.9 Å². The van der Waals surface area contributed by atoms with Crippen molar-refractivity contribution in [2.75, 3.05) is 36.5 Å². The zero-order valence-electron chi connectivity index (χ0n) is 20.6. The lowest BCUT2D eigenvalue weighted by molar-refractivity contribution is -0.116. The number of nitrogens with one attached hydrogen (secondary N) is 2. The molecule has 1 heterocycles. The number of hydrogen-bond acceptors (Lipinski definition) is 5. The maximum atomic E-state index is 12.8. The third-order valence-electron chi connectivity index (χ3n) is 5.60. The summed E-state index contributed by atoms with van der Waals surface area (Å²) < 4.78 is 11.5. The first-order valence-electron chi connectivity index (χ1n) is 12.4. The molecule has 1 fully saturated rings. The van der Waals surface area contributed by atoms with Gasteiger partial charge in [0.15, 0.2) is 11.5 Å². The summed E-state index contributed by atoms with van der Waals surface area (Å²) in [4.78, 5) is 27.7. The van der Waals surface area contributed by atoms with Gasteiger partial charge in [-0.1, -0.05) is 19.9 Å². The van der Waals surface area contributed by atoms with Gasteiger partial charge in [0.2, 0.25) is 5.91 Å². The van der Waals surface area contributed by atoms with Gasteiger partial charge in [-0.15, -0.1) is 0 Å². The van der Waals surface area contributed by atoms with E-state index in [1.807, 2.05) is 39.0 Å². The number of rotatable bonds is 12. The van der Waals surface area contributed by atoms with Crippen LogP contribution in [0, 0.1) is 0 Å². The number of carbonyl (C=O) groups is 2. The minimum atomic E-state index is -0.328. The molecule has 1 aliphatic rings. The van der Waals surface area contributed by atoms with Crippen molar-refractivity contribution in [3.05, 3.63) is 48.0 Å². The lowest BCUT2D eigenvalue weighted by atomic mass is 10.1. The molecule has 7 heteroatoms. The quantitative estimate of drug-likeness (QED) is 0.459. The second-order valence-corrected chi connectivity index (χ2v) is 8.73. The van der Waals surface area contributed by atoms with Crippen LogP contribution in [-0.2, 0) is 4.79 Å². The Bertz CT molecular complexity index is 957. The highest BCUT2D eigenvalue weighted by molar-refractivity contribution is 5.96. The molecule has 3 rings (SSSR count). The summed E-state index contributed by atoms with van der Waals surface area (Å²) in [5.41, 5.74) is 2.37. The maximum Gasteiger partial charge on any atom is 0.251 e. The molecule has 0 aliphatic carbocycles. The van der Waals surface area contributed by atoms with Crippen LogP contribution in [-0.4, -0.2) is 44.2 Å². The Morgan fingerprint density at radius 2 is 1.68 bits per heavy atom. The number of benzene rings is 2. The van der Waals surface area contributed by atoms with E-state index in [0.717, 1.165) is 37.3 Å². The molecule has 7 nitrogen and oxygen atoms in total. The Labute approximate surface area is 202 Å². The highest BCUT2D eigenvalue weighted by Crippen LogP contribution is 2.29. The number of amides is 2. The number of nitrogens with zero attached hydrogens (tertiary/aromatic N) is 1. The Morgan fingerprint density at radius 1 is 0.971 bits per heavy atom. The van der Waals surface area contributed by atoms with E-state index >= 15 is 0 Å². The highest BCUT2D eigenvalue weighted by atomic mass is 16.5. The molecule has 2 aromatic carbocycles. The number of ether oxygens (including phenoxy) is 2. The van der Waals surface area contributed by atoms with E-state index in [1.165, 1.54) is 12.8 Å². The fourth-order valence-electron chi connectivity index (χ4n) is 3.91. The predicted octanol–water partition coefficient (Wildman–Crippen LogP) is 5.01. The van der Waals surface area contributed by atoms with Gasteiger partial charge in [0.1, 0.15) is 0 Å². The lowest BCUT2D eigenvalue weighted by Gasteiger charge is -2.19. The minimum Gasteiger partial charge on any atom is -0.490 e. The van der Waals surface area contributed by atoms with Gasteiger partial charge >= 0.3 is 0 Å². The Morgan fingerprint density at radius 3 is 2.38 bits per heavy atom. The number of carbonyl (C=O) groups excluding carboxylic acids is 2. The second kappa shape index (κ2) is 12.9. The van der Waals surface area contributed by atoms with Crippen molar-refractivity contribution < 1.29 is 19.1 Å². The normalized spacial score (nSPS) is 13.9. The second-order valence-electron chi connectivity index (χ2n) is 8.73. The van der Waals surface area contributed by atoms with Crippen LogP contribution in [0.2, 0.25) is 0 Å². The molecule has 0 saturated carbocycles. The SMILES string of the molecule is CCCOc1ccc(C(=O)NC(C)CC(=O)Nc2cccc(N3CCCC3)c2)cc1OCCC. The minimum absolute atomic E-state index is 0.137. The van der Waals surface area contributed by atoms with Crippen molar-refractivity contribution in [3.8, 4) is 11.5 Å². The monoisotopic (exact) mass is 467 g/mol. The zero-order valence-corrected chi connectivity index (χ0v) is 20.6. The number of hydrogen-bond donors (Lipinski definition) is 2. The first-order valence-corrected chi connectivity index (χ1v) is 12.4. The summed E-state index contributed by atoms with van der Waals surface area (Å²) in [6.45, 7) is 9.12. The molecule has 184 valence electrons. The predicted molar refractivity (Wildman–Crippen MR) is 136 cm³/mol. The van der Waals surface area contributed by atoms with Gasteiger partial charge in [-0.05, 0) is 69.0 Å². The van der Waals surface area contributed by atoms with Crippen molar-refractivity contribution in [2.24, 2.45) is 0 Å². The zero-order chi connectivity index (χ0) is 24.3. The third-order valence-corrected chi connectivity index (χ3v) is 5.60. The summed E-state index contributed by atoms with van der Waals surface area (Å²) in [5.74, 6) is 0.808. The van der Waals surface area contributed by atoms with Crippen LogP contribution < -0.4 is 25.0 Å². The molecule has 0 radical (unpaired) electrons. The Balaban J connectivity index is 1.55. The standard InChI is InChI=1S/C27H37N3O4/c1-4-15-33-24-12-11-21(18-25(24)34-16-5-2)27(32)28-20(3)17-26(31)29-22-9-8-10-23(19-22)30-13-6-7-14-30/h8-12,18-20H,4-7,13-17H2,1-3H3,(H,28,32)(H,29,31). The Kier molecular flexibility index (Phi) is 9.62. The molecule has 2 N–H and O–H groups in total.